The molecule has 104 valence electrons. The van der Waals surface area contributed by atoms with Crippen molar-refractivity contribution in [2.24, 2.45) is 0 Å². The van der Waals surface area contributed by atoms with Crippen LogP contribution < -0.4 is 16.8 Å². The number of rotatable bonds is 3. The number of nitrogens with two attached hydrogens (primary N) is 2. The lowest BCUT2D eigenvalue weighted by atomic mass is 10.1. The zero-order chi connectivity index (χ0) is 17.3. The Morgan fingerprint density at radius 2 is 2.05 bits per heavy atom. The molecule has 0 radical (unpaired) electrons. The third-order valence-corrected chi connectivity index (χ3v) is 2.59. The smallest absolute Gasteiger partial charge is 0.340 e. The van der Waals surface area contributed by atoms with Crippen LogP contribution in [-0.2, 0) is 4.74 Å². The van der Waals surface area contributed by atoms with Gasteiger partial charge in [-0.2, -0.15) is 0 Å². The number of hydrogen-bond acceptors (Lipinski definition) is 5. The standard InChI is InChI=1S/C14H14FN3O2/c1-20-14(19)9-7-10(16)12(17)11(15)13(9)18-8-5-3-2-4-6-8/h2-7,18H,16-17H2,1H3/i2D,5D,6D. The fraction of sp³-hybridized carbons (Fsp3) is 0.0714. The van der Waals surface area contributed by atoms with Crippen LogP contribution in [0.15, 0.2) is 36.3 Å². The molecule has 0 bridgehead atoms. The number of methoxy groups -OCH3 is 1. The van der Waals surface area contributed by atoms with Gasteiger partial charge in [0.2, 0.25) is 0 Å². The number of anilines is 4. The van der Waals surface area contributed by atoms with Crippen LogP contribution in [0.4, 0.5) is 27.1 Å². The molecule has 2 rings (SSSR count). The fourth-order valence-electron chi connectivity index (χ4n) is 1.59. The van der Waals surface area contributed by atoms with E-state index in [-0.39, 0.29) is 46.4 Å². The van der Waals surface area contributed by atoms with Crippen LogP contribution in [-0.4, -0.2) is 13.1 Å². The third kappa shape index (κ3) is 2.49. The van der Waals surface area contributed by atoms with Crippen molar-refractivity contribution in [2.75, 3.05) is 23.9 Å². The average Bonchev–Trinajstić information content (AvgIpc) is 2.49. The number of esters is 1. The molecular weight excluding hydrogens is 261 g/mol. The molecule has 0 unspecified atom stereocenters. The number of benzene rings is 2. The average molecular weight is 278 g/mol. The van der Waals surface area contributed by atoms with Crippen molar-refractivity contribution in [2.45, 2.75) is 0 Å². The van der Waals surface area contributed by atoms with Crippen LogP contribution in [0.25, 0.3) is 0 Å². The molecule has 2 aromatic rings. The highest BCUT2D eigenvalue weighted by Crippen LogP contribution is 2.32. The van der Waals surface area contributed by atoms with Crippen LogP contribution in [0.5, 0.6) is 0 Å². The van der Waals surface area contributed by atoms with E-state index >= 15 is 0 Å². The summed E-state index contributed by atoms with van der Waals surface area (Å²) >= 11 is 0. The number of nitrogens with one attached hydrogen (secondary N) is 1. The lowest BCUT2D eigenvalue weighted by Gasteiger charge is -2.14. The molecule has 5 N–H and O–H groups in total. The molecule has 0 saturated heterocycles. The molecular formula is C14H14FN3O2. The molecule has 0 heterocycles. The first-order valence-electron chi connectivity index (χ1n) is 7.06. The maximum absolute atomic E-state index is 14.4. The fourth-order valence-corrected chi connectivity index (χ4v) is 1.59. The zero-order valence-corrected chi connectivity index (χ0v) is 10.6. The normalized spacial score (nSPS) is 12.2. The van der Waals surface area contributed by atoms with Crippen molar-refractivity contribution in [3.05, 3.63) is 47.7 Å². The lowest BCUT2D eigenvalue weighted by Crippen LogP contribution is -2.11. The molecule has 20 heavy (non-hydrogen) atoms. The number of carbonyl (C=O) groups is 1. The van der Waals surface area contributed by atoms with Crippen LogP contribution in [0.1, 0.15) is 14.5 Å². The summed E-state index contributed by atoms with van der Waals surface area (Å²) in [4.78, 5) is 11.8. The summed E-state index contributed by atoms with van der Waals surface area (Å²) in [6.07, 6.45) is 0. The van der Waals surface area contributed by atoms with Gasteiger partial charge in [0.1, 0.15) is 0 Å². The first-order chi connectivity index (χ1) is 10.8. The number of hydrogen-bond donors (Lipinski definition) is 3. The molecule has 2 aromatic carbocycles. The van der Waals surface area contributed by atoms with E-state index in [9.17, 15) is 9.18 Å². The maximum Gasteiger partial charge on any atom is 0.340 e. The van der Waals surface area contributed by atoms with E-state index in [0.29, 0.717) is 0 Å². The van der Waals surface area contributed by atoms with Crippen molar-refractivity contribution < 1.29 is 18.0 Å². The zero-order valence-electron chi connectivity index (χ0n) is 13.6. The molecule has 5 nitrogen and oxygen atoms in total. The molecule has 0 aliphatic carbocycles. The van der Waals surface area contributed by atoms with Crippen LogP contribution >= 0.6 is 0 Å². The Labute approximate surface area is 119 Å². The van der Waals surface area contributed by atoms with Gasteiger partial charge in [0, 0.05) is 5.69 Å². The molecule has 6 heteroatoms. The number of ether oxygens (including phenoxy) is 1. The topological polar surface area (TPSA) is 90.4 Å². The van der Waals surface area contributed by atoms with Crippen molar-refractivity contribution in [3.63, 3.8) is 0 Å². The highest BCUT2D eigenvalue weighted by atomic mass is 19.1. The molecule has 0 aliphatic rings. The predicted octanol–water partition coefficient (Wildman–Crippen LogP) is 2.52. The summed E-state index contributed by atoms with van der Waals surface area (Å²) in [5.74, 6) is -1.84. The molecule has 0 fully saturated rings. The van der Waals surface area contributed by atoms with Gasteiger partial charge < -0.3 is 21.5 Å². The van der Waals surface area contributed by atoms with Gasteiger partial charge in [0.15, 0.2) is 5.82 Å². The maximum atomic E-state index is 14.4. The molecule has 0 spiro atoms. The first kappa shape index (κ1) is 10.1. The summed E-state index contributed by atoms with van der Waals surface area (Å²) in [5, 5.41) is 2.52. The first-order valence-corrected chi connectivity index (χ1v) is 5.56. The van der Waals surface area contributed by atoms with E-state index in [1.54, 1.807) is 0 Å². The number of halogens is 1. The summed E-state index contributed by atoms with van der Waals surface area (Å²) in [6.45, 7) is 0. The Morgan fingerprint density at radius 3 is 2.65 bits per heavy atom. The molecule has 0 aromatic heterocycles. The minimum Gasteiger partial charge on any atom is -0.465 e. The van der Waals surface area contributed by atoms with Gasteiger partial charge in [-0.1, -0.05) is 18.2 Å². The number of nitrogen functional groups attached to an aromatic ring is 2. The van der Waals surface area contributed by atoms with Gasteiger partial charge in [-0.05, 0) is 18.2 Å². The minimum atomic E-state index is -0.987. The molecule has 0 amide bonds. The van der Waals surface area contributed by atoms with E-state index in [4.69, 9.17) is 15.6 Å². The van der Waals surface area contributed by atoms with Gasteiger partial charge in [-0.3, -0.25) is 0 Å². The van der Waals surface area contributed by atoms with Crippen molar-refractivity contribution in [1.82, 2.24) is 0 Å². The van der Waals surface area contributed by atoms with Gasteiger partial charge in [-0.15, -0.1) is 0 Å². The second-order valence-corrected chi connectivity index (χ2v) is 3.85. The number of carbonyl (C=O) groups excluding carboxylic acids is 1. The number of para-hydroxylation sites is 1. The Kier molecular flexibility index (Phi) is 2.76. The van der Waals surface area contributed by atoms with Crippen LogP contribution in [0, 0.1) is 5.82 Å². The summed E-state index contributed by atoms with van der Waals surface area (Å²) < 4.78 is 42.0. The van der Waals surface area contributed by atoms with Gasteiger partial charge >= 0.3 is 5.97 Å². The van der Waals surface area contributed by atoms with E-state index in [1.807, 2.05) is 0 Å². The largest absolute Gasteiger partial charge is 0.465 e. The minimum absolute atomic E-state index is 0.0315. The molecule has 0 atom stereocenters. The van der Waals surface area contributed by atoms with Gasteiger partial charge in [0.25, 0.3) is 0 Å². The third-order valence-electron chi connectivity index (χ3n) is 2.59. The highest BCUT2D eigenvalue weighted by Gasteiger charge is 2.20. The summed E-state index contributed by atoms with van der Waals surface area (Å²) in [6, 6.07) is 3.07. The molecule has 0 aliphatic heterocycles. The van der Waals surface area contributed by atoms with E-state index in [0.717, 1.165) is 13.2 Å². The lowest BCUT2D eigenvalue weighted by molar-refractivity contribution is 0.0601. The van der Waals surface area contributed by atoms with Crippen LogP contribution in [0.3, 0.4) is 0 Å². The second kappa shape index (κ2) is 5.48. The van der Waals surface area contributed by atoms with Crippen molar-refractivity contribution >= 4 is 28.7 Å². The monoisotopic (exact) mass is 278 g/mol. The Hall–Kier alpha value is -2.76. The van der Waals surface area contributed by atoms with Gasteiger partial charge in [0.05, 0.1) is 33.8 Å². The molecule has 0 saturated carbocycles. The van der Waals surface area contributed by atoms with Gasteiger partial charge in [-0.25, -0.2) is 9.18 Å². The van der Waals surface area contributed by atoms with Crippen molar-refractivity contribution in [3.8, 4) is 0 Å². The van der Waals surface area contributed by atoms with Crippen molar-refractivity contribution in [1.29, 1.82) is 0 Å². The Morgan fingerprint density at radius 1 is 1.40 bits per heavy atom. The Balaban J connectivity index is 2.64. The highest BCUT2D eigenvalue weighted by molar-refractivity contribution is 5.99. The van der Waals surface area contributed by atoms with Crippen LogP contribution in [0.2, 0.25) is 0 Å². The Bertz CT molecular complexity index is 776. The van der Waals surface area contributed by atoms with E-state index in [1.165, 1.54) is 12.1 Å². The SMILES string of the molecule is [2H]c1cc([2H])c(Nc2c(C(=O)OC)cc(N)c(N)c2F)c([2H])c1. The second-order valence-electron chi connectivity index (χ2n) is 3.85. The summed E-state index contributed by atoms with van der Waals surface area (Å²) in [5.41, 5.74) is 9.95. The summed E-state index contributed by atoms with van der Waals surface area (Å²) in [7, 11) is 1.12. The quantitative estimate of drug-likeness (QED) is 0.593. The van der Waals surface area contributed by atoms with E-state index in [2.05, 4.69) is 10.1 Å². The van der Waals surface area contributed by atoms with E-state index < -0.39 is 11.8 Å². The predicted molar refractivity (Wildman–Crippen MR) is 76.3 cm³/mol.